The van der Waals surface area contributed by atoms with Gasteiger partial charge in [0.15, 0.2) is 0 Å². The Kier molecular flexibility index (Phi) is 9.05. The number of carbonyl (C=O) groups is 4. The highest BCUT2D eigenvalue weighted by atomic mass is 31.2. The first kappa shape index (κ1) is 24.4. The van der Waals surface area contributed by atoms with E-state index in [1.807, 2.05) is 0 Å². The number of rotatable bonds is 10. The Morgan fingerprint density at radius 1 is 1.24 bits per heavy atom. The first-order valence-electron chi connectivity index (χ1n) is 8.26. The summed E-state index contributed by atoms with van der Waals surface area (Å²) in [4.78, 5) is 69.6. The SMILES string of the molecule is CC(C)C(=O)N(C)c1ncc(C(=O)NC(CC(=O)O)C(=O)O)cc1COP(O)O. The normalized spacial score (nSPS) is 12.0. The molecule has 0 spiro atoms. The van der Waals surface area contributed by atoms with Gasteiger partial charge in [0.25, 0.3) is 5.91 Å². The molecule has 1 aromatic rings. The van der Waals surface area contributed by atoms with Gasteiger partial charge in [0.05, 0.1) is 18.6 Å². The van der Waals surface area contributed by atoms with Gasteiger partial charge in [0, 0.05) is 24.7 Å². The fourth-order valence-electron chi connectivity index (χ4n) is 2.27. The maximum atomic E-state index is 12.3. The Balaban J connectivity index is 3.20. The van der Waals surface area contributed by atoms with E-state index in [2.05, 4.69) is 10.3 Å². The van der Waals surface area contributed by atoms with Crippen LogP contribution in [0, 0.1) is 5.92 Å². The average molecular weight is 431 g/mol. The summed E-state index contributed by atoms with van der Waals surface area (Å²) >= 11 is 0. The van der Waals surface area contributed by atoms with Crippen molar-refractivity contribution >= 4 is 38.2 Å². The van der Waals surface area contributed by atoms with E-state index in [1.165, 1.54) is 18.0 Å². The Morgan fingerprint density at radius 3 is 2.34 bits per heavy atom. The molecule has 0 aliphatic carbocycles. The van der Waals surface area contributed by atoms with Crippen molar-refractivity contribution in [2.75, 3.05) is 11.9 Å². The van der Waals surface area contributed by atoms with Crippen LogP contribution in [0.2, 0.25) is 0 Å². The molecular weight excluding hydrogens is 409 g/mol. The van der Waals surface area contributed by atoms with Crippen LogP contribution < -0.4 is 10.2 Å². The van der Waals surface area contributed by atoms with Crippen LogP contribution in [0.25, 0.3) is 0 Å². The summed E-state index contributed by atoms with van der Waals surface area (Å²) in [6.07, 6.45) is 0.256. The number of pyridine rings is 1. The van der Waals surface area contributed by atoms with Crippen molar-refractivity contribution in [3.63, 3.8) is 0 Å². The average Bonchev–Trinajstić information content (AvgIpc) is 2.63. The lowest BCUT2D eigenvalue weighted by Crippen LogP contribution is -2.42. The molecule has 13 heteroatoms. The lowest BCUT2D eigenvalue weighted by molar-refractivity contribution is -0.145. The minimum atomic E-state index is -2.72. The second kappa shape index (κ2) is 10.8. The highest BCUT2D eigenvalue weighted by molar-refractivity contribution is 7.39. The summed E-state index contributed by atoms with van der Waals surface area (Å²) in [5, 5.41) is 19.9. The smallest absolute Gasteiger partial charge is 0.327 e. The van der Waals surface area contributed by atoms with Gasteiger partial charge in [0.2, 0.25) is 5.91 Å². The molecule has 0 aromatic carbocycles. The molecule has 0 aliphatic heterocycles. The fraction of sp³-hybridized carbons (Fsp3) is 0.438. The van der Waals surface area contributed by atoms with E-state index in [0.717, 1.165) is 6.20 Å². The molecular formula is C16H22N3O9P. The van der Waals surface area contributed by atoms with Crippen molar-refractivity contribution in [3.05, 3.63) is 23.4 Å². The molecule has 160 valence electrons. The van der Waals surface area contributed by atoms with Gasteiger partial charge in [-0.15, -0.1) is 0 Å². The zero-order valence-corrected chi connectivity index (χ0v) is 16.8. The van der Waals surface area contributed by atoms with Crippen LogP contribution >= 0.6 is 8.60 Å². The summed E-state index contributed by atoms with van der Waals surface area (Å²) in [7, 11) is -1.27. The maximum Gasteiger partial charge on any atom is 0.327 e. The molecule has 1 rings (SSSR count). The van der Waals surface area contributed by atoms with E-state index in [1.54, 1.807) is 13.8 Å². The zero-order valence-electron chi connectivity index (χ0n) is 15.9. The van der Waals surface area contributed by atoms with Crippen molar-refractivity contribution < 1.29 is 43.7 Å². The molecule has 1 unspecified atom stereocenters. The lowest BCUT2D eigenvalue weighted by Gasteiger charge is -2.22. The minimum Gasteiger partial charge on any atom is -0.481 e. The quantitative estimate of drug-likeness (QED) is 0.318. The van der Waals surface area contributed by atoms with Gasteiger partial charge in [-0.3, -0.25) is 19.3 Å². The number of carboxylic acids is 2. The number of carboxylic acid groups (broad SMARTS) is 2. The highest BCUT2D eigenvalue weighted by Gasteiger charge is 2.25. The van der Waals surface area contributed by atoms with E-state index in [0.29, 0.717) is 0 Å². The van der Waals surface area contributed by atoms with Gasteiger partial charge in [-0.25, -0.2) is 9.78 Å². The van der Waals surface area contributed by atoms with Gasteiger partial charge in [0.1, 0.15) is 11.9 Å². The maximum absolute atomic E-state index is 12.3. The molecule has 12 nitrogen and oxygen atoms in total. The molecule has 1 aromatic heterocycles. The van der Waals surface area contributed by atoms with Gasteiger partial charge < -0.3 is 29.8 Å². The van der Waals surface area contributed by atoms with Gasteiger partial charge >= 0.3 is 20.5 Å². The van der Waals surface area contributed by atoms with Gasteiger partial charge in [-0.2, -0.15) is 0 Å². The molecule has 0 saturated carbocycles. The fourth-order valence-corrected chi connectivity index (χ4v) is 2.53. The van der Waals surface area contributed by atoms with Gasteiger partial charge in [-0.1, -0.05) is 13.8 Å². The Labute approximate surface area is 167 Å². The third-order valence-electron chi connectivity index (χ3n) is 3.66. The number of carbonyl (C=O) groups excluding carboxylic acids is 2. The molecule has 0 radical (unpaired) electrons. The first-order chi connectivity index (χ1) is 13.4. The van der Waals surface area contributed by atoms with Crippen LogP contribution in [-0.2, 0) is 25.5 Å². The monoisotopic (exact) mass is 431 g/mol. The third kappa shape index (κ3) is 7.35. The van der Waals surface area contributed by atoms with Crippen molar-refractivity contribution in [1.82, 2.24) is 10.3 Å². The van der Waals surface area contributed by atoms with E-state index in [9.17, 15) is 19.2 Å². The topological polar surface area (TPSA) is 187 Å². The third-order valence-corrected chi connectivity index (χ3v) is 4.02. The van der Waals surface area contributed by atoms with Crippen LogP contribution in [0.15, 0.2) is 12.3 Å². The van der Waals surface area contributed by atoms with Crippen molar-refractivity contribution in [2.45, 2.75) is 32.9 Å². The number of amides is 2. The number of hydrogen-bond acceptors (Lipinski definition) is 8. The minimum absolute atomic E-state index is 0.109. The highest BCUT2D eigenvalue weighted by Crippen LogP contribution is 2.29. The summed E-state index contributed by atoms with van der Waals surface area (Å²) in [6.45, 7) is 2.95. The van der Waals surface area contributed by atoms with E-state index in [4.69, 9.17) is 24.5 Å². The molecule has 29 heavy (non-hydrogen) atoms. The lowest BCUT2D eigenvalue weighted by atomic mass is 10.1. The largest absolute Gasteiger partial charge is 0.481 e. The van der Waals surface area contributed by atoms with Crippen LogP contribution in [0.3, 0.4) is 0 Å². The van der Waals surface area contributed by atoms with Crippen molar-refractivity contribution in [2.24, 2.45) is 5.92 Å². The Bertz CT molecular complexity index is 785. The number of aromatic nitrogens is 1. The van der Waals surface area contributed by atoms with Crippen LogP contribution in [0.4, 0.5) is 5.82 Å². The second-order valence-electron chi connectivity index (χ2n) is 6.25. The molecule has 1 atom stereocenters. The summed E-state index contributed by atoms with van der Waals surface area (Å²) in [5.74, 6) is -4.39. The van der Waals surface area contributed by atoms with E-state index < -0.39 is 45.5 Å². The number of nitrogens with zero attached hydrogens (tertiary/aromatic N) is 2. The van der Waals surface area contributed by atoms with E-state index >= 15 is 0 Å². The van der Waals surface area contributed by atoms with Gasteiger partial charge in [-0.05, 0) is 6.07 Å². The summed E-state index contributed by atoms with van der Waals surface area (Å²) in [6, 6.07) is -0.424. The van der Waals surface area contributed by atoms with Crippen LogP contribution in [0.1, 0.15) is 36.2 Å². The Hall–Kier alpha value is -2.66. The number of anilines is 1. The van der Waals surface area contributed by atoms with Crippen LogP contribution in [-0.4, -0.2) is 61.8 Å². The standard InChI is InChI=1S/C16H22N3O9P/c1-8(2)15(23)19(3)13-10(7-28-29(26)27)4-9(6-17-13)14(22)18-11(16(24)25)5-12(20)21/h4,6,8,11,26-27H,5,7H2,1-3H3,(H,18,22)(H,20,21)(H,24,25). The molecule has 0 saturated heterocycles. The molecule has 0 fully saturated rings. The molecule has 0 bridgehead atoms. The molecule has 1 heterocycles. The van der Waals surface area contributed by atoms with E-state index in [-0.39, 0.29) is 28.8 Å². The molecule has 2 amide bonds. The predicted molar refractivity (Wildman–Crippen MR) is 99.8 cm³/mol. The number of hydrogen-bond donors (Lipinski definition) is 5. The number of nitrogens with one attached hydrogen (secondary N) is 1. The van der Waals surface area contributed by atoms with Crippen molar-refractivity contribution in [1.29, 1.82) is 0 Å². The zero-order chi connectivity index (χ0) is 22.3. The molecule has 0 aliphatic rings. The molecule has 5 N–H and O–H groups in total. The van der Waals surface area contributed by atoms with Crippen molar-refractivity contribution in [3.8, 4) is 0 Å². The van der Waals surface area contributed by atoms with Crippen LogP contribution in [0.5, 0.6) is 0 Å². The second-order valence-corrected chi connectivity index (χ2v) is 7.01. The number of aliphatic carboxylic acids is 2. The summed E-state index contributed by atoms with van der Waals surface area (Å²) < 4.78 is 4.76. The predicted octanol–water partition coefficient (Wildman–Crippen LogP) is 0.0862. The first-order valence-corrected chi connectivity index (χ1v) is 9.43. The summed E-state index contributed by atoms with van der Waals surface area (Å²) in [5.41, 5.74) is 0.0319. The Morgan fingerprint density at radius 2 is 1.86 bits per heavy atom.